The molecular formula is C42H54N12O6. The first-order chi connectivity index (χ1) is 28.8. The number of primary amides is 2. The lowest BCUT2D eigenvalue weighted by Crippen LogP contribution is -2.43. The lowest BCUT2D eigenvalue weighted by atomic mass is 10.1. The summed E-state index contributed by atoms with van der Waals surface area (Å²) in [5.74, 6) is -1.56. The number of ether oxygens (including phenoxy) is 1. The molecule has 318 valence electrons. The van der Waals surface area contributed by atoms with E-state index < -0.39 is 23.6 Å². The maximum atomic E-state index is 13.9. The zero-order valence-electron chi connectivity index (χ0n) is 35.3. The third-order valence-electron chi connectivity index (χ3n) is 9.77. The number of aliphatic imine (C=N–C) groups is 1. The number of aryl methyl sites for hydroxylation is 5. The quantitative estimate of drug-likeness (QED) is 0.0536. The normalized spacial score (nSPS) is 12.1. The van der Waals surface area contributed by atoms with Gasteiger partial charge in [-0.2, -0.15) is 20.2 Å². The van der Waals surface area contributed by atoms with Crippen molar-refractivity contribution in [2.45, 2.75) is 74.1 Å². The van der Waals surface area contributed by atoms with Gasteiger partial charge in [0.05, 0.1) is 23.5 Å². The van der Waals surface area contributed by atoms with Gasteiger partial charge in [0.1, 0.15) is 22.7 Å². The highest BCUT2D eigenvalue weighted by Crippen LogP contribution is 2.28. The molecule has 0 saturated carbocycles. The maximum absolute atomic E-state index is 13.9. The Hall–Kier alpha value is -6.82. The van der Waals surface area contributed by atoms with Crippen LogP contribution in [0.2, 0.25) is 0 Å². The van der Waals surface area contributed by atoms with Crippen molar-refractivity contribution in [2.75, 3.05) is 38.3 Å². The Morgan fingerprint density at radius 2 is 1.43 bits per heavy atom. The second-order valence-electron chi connectivity index (χ2n) is 13.9. The molecule has 0 aliphatic rings. The first kappa shape index (κ1) is 44.3. The molecule has 0 aliphatic carbocycles. The number of aliphatic hydroxyl groups excluding tert-OH is 1. The fourth-order valence-corrected chi connectivity index (χ4v) is 6.70. The van der Waals surface area contributed by atoms with E-state index in [0.29, 0.717) is 89.4 Å². The minimum atomic E-state index is -0.665. The van der Waals surface area contributed by atoms with Crippen molar-refractivity contribution in [3.8, 4) is 5.75 Å². The molecule has 0 spiro atoms. The van der Waals surface area contributed by atoms with Crippen LogP contribution in [0.3, 0.4) is 0 Å². The molecule has 4 amide bonds. The van der Waals surface area contributed by atoms with Gasteiger partial charge in [0, 0.05) is 76.2 Å². The van der Waals surface area contributed by atoms with Gasteiger partial charge < -0.3 is 40.2 Å². The number of allylic oxidation sites excluding steroid dienone is 1. The molecule has 0 unspecified atom stereocenters. The third kappa shape index (κ3) is 9.71. The Kier molecular flexibility index (Phi) is 14.6. The monoisotopic (exact) mass is 822 g/mol. The number of carbonyl (C=O) groups excluding carboxylic acids is 4. The van der Waals surface area contributed by atoms with E-state index in [1.165, 1.54) is 0 Å². The Labute approximate surface area is 348 Å². The summed E-state index contributed by atoms with van der Waals surface area (Å²) in [5, 5.41) is 18.4. The van der Waals surface area contributed by atoms with Crippen molar-refractivity contribution in [1.82, 2.24) is 33.6 Å². The highest BCUT2D eigenvalue weighted by molar-refractivity contribution is 6.07. The predicted molar refractivity (Wildman–Crippen MR) is 228 cm³/mol. The van der Waals surface area contributed by atoms with Gasteiger partial charge in [-0.1, -0.05) is 12.2 Å². The molecule has 18 nitrogen and oxygen atoms in total. The van der Waals surface area contributed by atoms with Gasteiger partial charge >= 0.3 is 0 Å². The second kappa shape index (κ2) is 19.8. The van der Waals surface area contributed by atoms with E-state index in [1.54, 1.807) is 64.8 Å². The Morgan fingerprint density at radius 1 is 0.817 bits per heavy atom. The average molecular weight is 823 g/mol. The Bertz CT molecular complexity index is 2500. The Morgan fingerprint density at radius 3 is 1.98 bits per heavy atom. The smallest absolute Gasteiger partial charge is 0.298 e. The van der Waals surface area contributed by atoms with E-state index in [1.807, 2.05) is 72.8 Å². The van der Waals surface area contributed by atoms with Gasteiger partial charge in [0.25, 0.3) is 11.8 Å². The molecule has 18 heteroatoms. The van der Waals surface area contributed by atoms with Gasteiger partial charge in [-0.15, -0.1) is 0 Å². The van der Waals surface area contributed by atoms with Crippen LogP contribution in [-0.4, -0.2) is 102 Å². The highest BCUT2D eigenvalue weighted by Gasteiger charge is 2.23. The molecule has 60 heavy (non-hydrogen) atoms. The molecule has 0 radical (unpaired) electrons. The average Bonchev–Trinajstić information content (AvgIpc) is 3.91. The van der Waals surface area contributed by atoms with E-state index in [-0.39, 0.29) is 37.5 Å². The number of imidazole rings is 1. The van der Waals surface area contributed by atoms with Gasteiger partial charge in [-0.05, 0) is 90.1 Å². The number of guanidine groups is 1. The van der Waals surface area contributed by atoms with Crippen molar-refractivity contribution in [3.05, 3.63) is 100 Å². The Balaban J connectivity index is 1.67. The van der Waals surface area contributed by atoms with E-state index in [0.717, 1.165) is 0 Å². The summed E-state index contributed by atoms with van der Waals surface area (Å²) in [6.07, 6.45) is 4.11. The number of aliphatic hydroxyl groups is 1. The first-order valence-electron chi connectivity index (χ1n) is 19.9. The van der Waals surface area contributed by atoms with Crippen molar-refractivity contribution in [3.63, 3.8) is 0 Å². The van der Waals surface area contributed by atoms with E-state index in [4.69, 9.17) is 16.2 Å². The summed E-state index contributed by atoms with van der Waals surface area (Å²) < 4.78 is 13.0. The number of anilines is 1. The largest absolute Gasteiger partial charge is 0.491 e. The number of hydrogen-bond acceptors (Lipinski definition) is 8. The van der Waals surface area contributed by atoms with Gasteiger partial charge in [0.2, 0.25) is 23.4 Å². The van der Waals surface area contributed by atoms with Crippen LogP contribution in [0.25, 0.3) is 11.0 Å². The molecule has 0 aliphatic heterocycles. The molecular weight excluding hydrogens is 769 g/mol. The lowest BCUT2D eigenvalue weighted by Gasteiger charge is -2.31. The first-order valence-corrected chi connectivity index (χ1v) is 19.9. The molecule has 0 fully saturated rings. The van der Waals surface area contributed by atoms with Crippen molar-refractivity contribution >= 4 is 46.3 Å². The number of hydrogen-bond donors (Lipinski definition) is 3. The summed E-state index contributed by atoms with van der Waals surface area (Å²) in [5.41, 5.74) is 15.9. The van der Waals surface area contributed by atoms with Gasteiger partial charge in [0.15, 0.2) is 0 Å². The van der Waals surface area contributed by atoms with Gasteiger partial charge in [-0.3, -0.25) is 28.5 Å². The van der Waals surface area contributed by atoms with E-state index in [9.17, 15) is 24.3 Å². The molecule has 5 aromatic rings. The third-order valence-corrected chi connectivity index (χ3v) is 9.77. The van der Waals surface area contributed by atoms with Crippen LogP contribution in [0.5, 0.6) is 5.75 Å². The van der Waals surface area contributed by atoms with Crippen molar-refractivity contribution in [2.24, 2.45) is 21.5 Å². The second-order valence-corrected chi connectivity index (χ2v) is 13.9. The van der Waals surface area contributed by atoms with Crippen LogP contribution in [0.15, 0.2) is 70.7 Å². The molecule has 3 aromatic heterocycles. The molecule has 0 saturated heterocycles. The summed E-state index contributed by atoms with van der Waals surface area (Å²) in [7, 11) is 1.83. The minimum Gasteiger partial charge on any atom is -0.491 e. The van der Waals surface area contributed by atoms with Crippen LogP contribution in [-0.2, 0) is 26.2 Å². The fourth-order valence-electron chi connectivity index (χ4n) is 6.70. The maximum Gasteiger partial charge on any atom is 0.298 e. The number of carbonyl (C=O) groups is 4. The van der Waals surface area contributed by atoms with Crippen molar-refractivity contribution in [1.29, 1.82) is 0 Å². The van der Waals surface area contributed by atoms with Gasteiger partial charge in [-0.25, -0.2) is 0 Å². The number of nitrogens with two attached hydrogens (primary N) is 2. The molecule has 2 aromatic carbocycles. The van der Waals surface area contributed by atoms with Crippen LogP contribution in [0.1, 0.15) is 87.2 Å². The van der Waals surface area contributed by atoms with E-state index >= 15 is 0 Å². The fraction of sp³-hybridized carbons (Fsp3) is 0.381. The number of nitrogens with zero attached hydrogens (tertiary/aromatic N) is 10. The predicted octanol–water partition coefficient (Wildman–Crippen LogP) is 3.42. The zero-order valence-corrected chi connectivity index (χ0v) is 35.3. The molecule has 0 atom stereocenters. The van der Waals surface area contributed by atoms with Crippen LogP contribution in [0, 0.1) is 13.8 Å². The van der Waals surface area contributed by atoms with Crippen molar-refractivity contribution < 1.29 is 29.0 Å². The zero-order chi connectivity index (χ0) is 43.7. The molecule has 5 N–H and O–H groups in total. The molecule has 5 rings (SSSR count). The summed E-state index contributed by atoms with van der Waals surface area (Å²) >= 11 is 0. The number of aromatic nitrogens is 6. The summed E-state index contributed by atoms with van der Waals surface area (Å²) in [6, 6.07) is 13.3. The topological polar surface area (TPSA) is 226 Å². The molecule has 0 bridgehead atoms. The summed E-state index contributed by atoms with van der Waals surface area (Å²) in [4.78, 5) is 65.2. The summed E-state index contributed by atoms with van der Waals surface area (Å²) in [6.45, 7) is 13.5. The number of fused-ring (bicyclic) bond motifs is 1. The number of amides is 4. The van der Waals surface area contributed by atoms with Crippen LogP contribution < -0.4 is 26.7 Å². The van der Waals surface area contributed by atoms with Crippen LogP contribution in [0.4, 0.5) is 5.69 Å². The SMILES string of the molecule is CCN(C)/C(=N/C(=O)c1cc(C)nn1CC)N(C/C=C/Cn1/c(=N/C(=O)c2cc(C)nn2CC)n(CC)c2cc(C(N)=O)cc(OCCCO)c21)c1ccc(C(N)=O)cc1. The van der Waals surface area contributed by atoms with E-state index in [2.05, 4.69) is 20.2 Å². The number of benzene rings is 2. The lowest BCUT2D eigenvalue weighted by molar-refractivity contribution is 0.0979. The highest BCUT2D eigenvalue weighted by atomic mass is 16.5. The minimum absolute atomic E-state index is 0.106. The standard InChI is InChI=1S/C42H54N12O6/c1-8-49(7)41(45-39(58)33-23-27(5)47-53(33)10-3)51(31-17-15-29(16-18-31)37(43)56)19-12-13-20-52-36-32(25-30(38(44)57)26-35(36)60-22-14-21-55)50(9-2)42(52)46-40(59)34-24-28(6)48-54(34)11-4/h12-13,15-18,23-26,55H,8-11,14,19-22H2,1-7H3,(H2,43,56)(H2,44,57)/b13-12+,45-41-,46-42+. The molecule has 3 heterocycles. The number of rotatable bonds is 17. The van der Waals surface area contributed by atoms with Crippen LogP contribution >= 0.6 is 0 Å².